The largest absolute Gasteiger partial charge is 0.390 e. The Morgan fingerprint density at radius 3 is 2.79 bits per heavy atom. The Kier molecular flexibility index (Phi) is 6.11. The predicted octanol–water partition coefficient (Wildman–Crippen LogP) is 1.43. The Labute approximate surface area is 118 Å². The number of nitrogens with zero attached hydrogens (tertiary/aromatic N) is 3. The molecule has 6 heteroatoms. The van der Waals surface area contributed by atoms with Crippen molar-refractivity contribution in [1.29, 1.82) is 0 Å². The molecule has 0 saturated heterocycles. The highest BCUT2D eigenvalue weighted by Crippen LogP contribution is 2.17. The van der Waals surface area contributed by atoms with Crippen LogP contribution in [0.5, 0.6) is 0 Å². The number of hydrogen-bond donors (Lipinski definition) is 1. The first-order valence-corrected chi connectivity index (χ1v) is 7.14. The van der Waals surface area contributed by atoms with Crippen molar-refractivity contribution in [1.82, 2.24) is 14.5 Å². The lowest BCUT2D eigenvalue weighted by atomic mass is 10.3. The standard InChI is InChI=1S/C13H21N3O2S/c1-5-16(7-10(2)3)12(18)9-19-13-14-6-11(8-17)15(13)4/h6,17H,2,5,7-9H2,1,3-4H3. The van der Waals surface area contributed by atoms with E-state index in [1.807, 2.05) is 20.9 Å². The normalized spacial score (nSPS) is 10.5. The molecule has 0 atom stereocenters. The van der Waals surface area contributed by atoms with Gasteiger partial charge in [0.25, 0.3) is 0 Å². The van der Waals surface area contributed by atoms with Crippen molar-refractivity contribution in [3.63, 3.8) is 0 Å². The van der Waals surface area contributed by atoms with Crippen LogP contribution < -0.4 is 0 Å². The van der Waals surface area contributed by atoms with Crippen LogP contribution in [-0.2, 0) is 18.4 Å². The van der Waals surface area contributed by atoms with Gasteiger partial charge in [-0.15, -0.1) is 0 Å². The SMILES string of the molecule is C=C(C)CN(CC)C(=O)CSc1ncc(CO)n1C. The molecule has 0 aliphatic heterocycles. The molecule has 1 rings (SSSR count). The zero-order valence-corrected chi connectivity index (χ0v) is 12.5. The monoisotopic (exact) mass is 283 g/mol. The molecule has 0 unspecified atom stereocenters. The summed E-state index contributed by atoms with van der Waals surface area (Å²) in [4.78, 5) is 18.0. The Morgan fingerprint density at radius 1 is 1.63 bits per heavy atom. The summed E-state index contributed by atoms with van der Waals surface area (Å²) in [5.41, 5.74) is 1.71. The zero-order valence-electron chi connectivity index (χ0n) is 11.7. The zero-order chi connectivity index (χ0) is 14.4. The fourth-order valence-electron chi connectivity index (χ4n) is 1.63. The predicted molar refractivity (Wildman–Crippen MR) is 76.9 cm³/mol. The number of carbonyl (C=O) groups is 1. The number of amides is 1. The lowest BCUT2D eigenvalue weighted by molar-refractivity contribution is -0.127. The van der Waals surface area contributed by atoms with Crippen molar-refractivity contribution >= 4 is 17.7 Å². The molecule has 0 aromatic carbocycles. The van der Waals surface area contributed by atoms with Gasteiger partial charge in [-0.25, -0.2) is 4.98 Å². The van der Waals surface area contributed by atoms with E-state index in [0.717, 1.165) is 16.4 Å². The van der Waals surface area contributed by atoms with Gasteiger partial charge >= 0.3 is 0 Å². The summed E-state index contributed by atoms with van der Waals surface area (Å²) in [5, 5.41) is 9.82. The molecule has 0 radical (unpaired) electrons. The van der Waals surface area contributed by atoms with Gasteiger partial charge in [0.15, 0.2) is 5.16 Å². The minimum atomic E-state index is -0.0469. The van der Waals surface area contributed by atoms with Gasteiger partial charge in [0.05, 0.1) is 24.3 Å². The summed E-state index contributed by atoms with van der Waals surface area (Å²) in [6, 6.07) is 0. The number of hydrogen-bond acceptors (Lipinski definition) is 4. The second-order valence-electron chi connectivity index (χ2n) is 4.40. The highest BCUT2D eigenvalue weighted by molar-refractivity contribution is 7.99. The first-order valence-electron chi connectivity index (χ1n) is 6.16. The minimum absolute atomic E-state index is 0.0469. The number of thioether (sulfide) groups is 1. The lowest BCUT2D eigenvalue weighted by Gasteiger charge is -2.20. The molecule has 0 aliphatic rings. The second kappa shape index (κ2) is 7.35. The van der Waals surface area contributed by atoms with Crippen LogP contribution >= 0.6 is 11.8 Å². The maximum absolute atomic E-state index is 12.0. The van der Waals surface area contributed by atoms with Crippen molar-refractivity contribution in [3.05, 3.63) is 24.0 Å². The Hall–Kier alpha value is -1.27. The molecule has 0 aliphatic carbocycles. The third kappa shape index (κ3) is 4.40. The summed E-state index contributed by atoms with van der Waals surface area (Å²) in [7, 11) is 1.83. The van der Waals surface area contributed by atoms with Gasteiger partial charge in [-0.3, -0.25) is 4.79 Å². The van der Waals surface area contributed by atoms with Crippen molar-refractivity contribution in [2.75, 3.05) is 18.8 Å². The number of aliphatic hydroxyl groups excluding tert-OH is 1. The molecule has 0 fully saturated rings. The number of imidazole rings is 1. The maximum Gasteiger partial charge on any atom is 0.233 e. The number of aromatic nitrogens is 2. The van der Waals surface area contributed by atoms with Crippen LogP contribution in [0.25, 0.3) is 0 Å². The van der Waals surface area contributed by atoms with Crippen molar-refractivity contribution in [2.24, 2.45) is 7.05 Å². The van der Waals surface area contributed by atoms with Crippen LogP contribution in [0.4, 0.5) is 0 Å². The van der Waals surface area contributed by atoms with E-state index in [1.54, 1.807) is 15.7 Å². The van der Waals surface area contributed by atoms with Crippen molar-refractivity contribution < 1.29 is 9.90 Å². The van der Waals surface area contributed by atoms with E-state index < -0.39 is 0 Å². The van der Waals surface area contributed by atoms with E-state index in [1.165, 1.54) is 11.8 Å². The quantitative estimate of drug-likeness (QED) is 0.607. The van der Waals surface area contributed by atoms with Gasteiger partial charge in [0.1, 0.15) is 0 Å². The molecule has 0 saturated carbocycles. The average molecular weight is 283 g/mol. The third-order valence-electron chi connectivity index (χ3n) is 2.72. The van der Waals surface area contributed by atoms with E-state index in [2.05, 4.69) is 11.6 Å². The summed E-state index contributed by atoms with van der Waals surface area (Å²) in [6.45, 7) is 8.92. The lowest BCUT2D eigenvalue weighted by Crippen LogP contribution is -2.33. The van der Waals surface area contributed by atoms with Crippen LogP contribution in [0.2, 0.25) is 0 Å². The van der Waals surface area contributed by atoms with Gasteiger partial charge in [0.2, 0.25) is 5.91 Å². The molecule has 1 aromatic rings. The number of rotatable bonds is 7. The van der Waals surface area contributed by atoms with Gasteiger partial charge < -0.3 is 14.6 Å². The fourth-order valence-corrected chi connectivity index (χ4v) is 2.50. The van der Waals surface area contributed by atoms with Crippen LogP contribution in [0, 0.1) is 0 Å². The first-order chi connectivity index (χ1) is 8.99. The second-order valence-corrected chi connectivity index (χ2v) is 5.35. The third-order valence-corrected chi connectivity index (χ3v) is 3.75. The molecule has 1 amide bonds. The minimum Gasteiger partial charge on any atom is -0.390 e. The molecular weight excluding hydrogens is 262 g/mol. The Bertz CT molecular complexity index is 457. The van der Waals surface area contributed by atoms with Crippen LogP contribution in [0.15, 0.2) is 23.5 Å². The smallest absolute Gasteiger partial charge is 0.233 e. The number of likely N-dealkylation sites (N-methyl/N-ethyl adjacent to an activating group) is 1. The Balaban J connectivity index is 2.57. The van der Waals surface area contributed by atoms with Gasteiger partial charge in [-0.2, -0.15) is 0 Å². The van der Waals surface area contributed by atoms with Gasteiger partial charge in [-0.1, -0.05) is 23.9 Å². The van der Waals surface area contributed by atoms with Crippen LogP contribution in [-0.4, -0.2) is 44.3 Å². The fraction of sp³-hybridized carbons (Fsp3) is 0.538. The summed E-state index contributed by atoms with van der Waals surface area (Å²) in [5.74, 6) is 0.417. The molecular formula is C13H21N3O2S. The van der Waals surface area contributed by atoms with Crippen molar-refractivity contribution in [2.45, 2.75) is 25.6 Å². The summed E-state index contributed by atoms with van der Waals surface area (Å²) < 4.78 is 1.80. The highest BCUT2D eigenvalue weighted by atomic mass is 32.2. The van der Waals surface area contributed by atoms with E-state index >= 15 is 0 Å². The van der Waals surface area contributed by atoms with Crippen LogP contribution in [0.3, 0.4) is 0 Å². The molecule has 5 nitrogen and oxygen atoms in total. The van der Waals surface area contributed by atoms with E-state index in [9.17, 15) is 4.79 Å². The molecule has 1 aromatic heterocycles. The molecule has 0 spiro atoms. The topological polar surface area (TPSA) is 58.4 Å². The maximum atomic E-state index is 12.0. The number of aliphatic hydroxyl groups is 1. The van der Waals surface area contributed by atoms with Crippen LogP contribution in [0.1, 0.15) is 19.5 Å². The van der Waals surface area contributed by atoms with Gasteiger partial charge in [0, 0.05) is 20.1 Å². The molecule has 1 N–H and O–H groups in total. The molecule has 106 valence electrons. The number of carbonyl (C=O) groups excluding carboxylic acids is 1. The first kappa shape index (κ1) is 15.8. The summed E-state index contributed by atoms with van der Waals surface area (Å²) in [6.07, 6.45) is 1.62. The molecule has 19 heavy (non-hydrogen) atoms. The van der Waals surface area contributed by atoms with Crippen molar-refractivity contribution in [3.8, 4) is 0 Å². The molecule has 0 bridgehead atoms. The van der Waals surface area contributed by atoms with Gasteiger partial charge in [-0.05, 0) is 13.8 Å². The average Bonchev–Trinajstić information content (AvgIpc) is 2.73. The summed E-state index contributed by atoms with van der Waals surface area (Å²) >= 11 is 1.38. The molecule has 1 heterocycles. The highest BCUT2D eigenvalue weighted by Gasteiger charge is 2.14. The van der Waals surface area contributed by atoms with E-state index in [0.29, 0.717) is 18.8 Å². The van der Waals surface area contributed by atoms with E-state index in [-0.39, 0.29) is 12.5 Å². The Morgan fingerprint density at radius 2 is 2.32 bits per heavy atom. The van der Waals surface area contributed by atoms with E-state index in [4.69, 9.17) is 5.11 Å².